The maximum Gasteiger partial charge on any atom is 0.191 e. The number of aryl methyl sites for hydroxylation is 3. The van der Waals surface area contributed by atoms with E-state index in [-0.39, 0.29) is 0 Å². The Labute approximate surface area is 153 Å². The number of rotatable bonds is 5. The maximum absolute atomic E-state index is 4.60. The first-order chi connectivity index (χ1) is 12.6. The van der Waals surface area contributed by atoms with Crippen LogP contribution >= 0.6 is 0 Å². The zero-order valence-corrected chi connectivity index (χ0v) is 15.7. The number of nitrogens with zero attached hydrogens (tertiary/aromatic N) is 5. The van der Waals surface area contributed by atoms with E-state index in [0.717, 1.165) is 34.2 Å². The molecule has 0 radical (unpaired) electrons. The van der Waals surface area contributed by atoms with Gasteiger partial charge in [-0.1, -0.05) is 18.2 Å². The van der Waals surface area contributed by atoms with Crippen LogP contribution in [-0.4, -0.2) is 32.6 Å². The fourth-order valence-corrected chi connectivity index (χ4v) is 2.89. The van der Waals surface area contributed by atoms with Gasteiger partial charge in [0.25, 0.3) is 0 Å². The lowest BCUT2D eigenvalue weighted by molar-refractivity contribution is 0.764. The highest BCUT2D eigenvalue weighted by Crippen LogP contribution is 2.16. The molecule has 0 unspecified atom stereocenters. The van der Waals surface area contributed by atoms with Gasteiger partial charge in [0, 0.05) is 44.6 Å². The summed E-state index contributed by atoms with van der Waals surface area (Å²) in [7, 11) is 3.68. The molecule has 0 aliphatic rings. The third-order valence-corrected chi connectivity index (χ3v) is 4.12. The van der Waals surface area contributed by atoms with Crippen molar-refractivity contribution in [3.05, 3.63) is 65.2 Å². The van der Waals surface area contributed by atoms with E-state index in [1.807, 2.05) is 43.2 Å². The van der Waals surface area contributed by atoms with Crippen molar-refractivity contribution < 1.29 is 0 Å². The molecule has 136 valence electrons. The molecule has 2 aromatic heterocycles. The number of hydrogen-bond acceptors (Lipinski definition) is 3. The molecule has 2 N–H and O–H groups in total. The van der Waals surface area contributed by atoms with Crippen molar-refractivity contribution in [2.75, 3.05) is 7.05 Å². The van der Waals surface area contributed by atoms with Gasteiger partial charge >= 0.3 is 0 Å². The number of nitrogens with one attached hydrogen (secondary N) is 2. The van der Waals surface area contributed by atoms with Crippen LogP contribution in [0.1, 0.15) is 22.5 Å². The van der Waals surface area contributed by atoms with Gasteiger partial charge in [0.2, 0.25) is 0 Å². The highest BCUT2D eigenvalue weighted by molar-refractivity contribution is 5.79. The third kappa shape index (κ3) is 4.11. The molecule has 0 atom stereocenters. The number of benzene rings is 1. The van der Waals surface area contributed by atoms with E-state index in [1.54, 1.807) is 11.7 Å². The van der Waals surface area contributed by atoms with E-state index >= 15 is 0 Å². The van der Waals surface area contributed by atoms with Gasteiger partial charge in [-0.2, -0.15) is 10.2 Å². The molecule has 3 aromatic rings. The van der Waals surface area contributed by atoms with Gasteiger partial charge in [0.05, 0.1) is 17.6 Å². The summed E-state index contributed by atoms with van der Waals surface area (Å²) in [5, 5.41) is 15.5. The lowest BCUT2D eigenvalue weighted by Gasteiger charge is -2.14. The highest BCUT2D eigenvalue weighted by atomic mass is 15.3. The van der Waals surface area contributed by atoms with Crippen molar-refractivity contribution in [1.82, 2.24) is 30.2 Å². The molecular weight excluding hydrogens is 326 g/mol. The molecule has 7 heteroatoms. The molecule has 1 aromatic carbocycles. The van der Waals surface area contributed by atoms with Crippen LogP contribution in [0.2, 0.25) is 0 Å². The van der Waals surface area contributed by atoms with Crippen LogP contribution in [0.25, 0.3) is 5.69 Å². The summed E-state index contributed by atoms with van der Waals surface area (Å²) in [4.78, 5) is 4.29. The van der Waals surface area contributed by atoms with Crippen LogP contribution in [0, 0.1) is 13.8 Å². The quantitative estimate of drug-likeness (QED) is 0.545. The first-order valence-electron chi connectivity index (χ1n) is 8.60. The molecule has 0 aliphatic heterocycles. The van der Waals surface area contributed by atoms with Gasteiger partial charge in [-0.3, -0.25) is 9.67 Å². The molecule has 0 fully saturated rings. The first-order valence-corrected chi connectivity index (χ1v) is 8.60. The van der Waals surface area contributed by atoms with Crippen molar-refractivity contribution in [3.8, 4) is 5.69 Å². The van der Waals surface area contributed by atoms with Crippen molar-refractivity contribution in [2.45, 2.75) is 26.9 Å². The van der Waals surface area contributed by atoms with Crippen LogP contribution in [0.3, 0.4) is 0 Å². The fraction of sp³-hybridized carbons (Fsp3) is 0.316. The SMILES string of the molecule is CN=C(NCc1cnn(C)c1)NCc1ccccc1-n1nc(C)cc1C. The summed E-state index contributed by atoms with van der Waals surface area (Å²) in [6.45, 7) is 5.40. The second kappa shape index (κ2) is 7.86. The Morgan fingerprint density at radius 1 is 1.15 bits per heavy atom. The van der Waals surface area contributed by atoms with Crippen LogP contribution in [0.5, 0.6) is 0 Å². The van der Waals surface area contributed by atoms with E-state index in [4.69, 9.17) is 0 Å². The van der Waals surface area contributed by atoms with Crippen LogP contribution in [-0.2, 0) is 20.1 Å². The van der Waals surface area contributed by atoms with Gasteiger partial charge in [-0.15, -0.1) is 0 Å². The molecule has 0 saturated carbocycles. The van der Waals surface area contributed by atoms with Crippen LogP contribution in [0.15, 0.2) is 47.7 Å². The fourth-order valence-electron chi connectivity index (χ4n) is 2.89. The number of aliphatic imine (C=N–C) groups is 1. The van der Waals surface area contributed by atoms with E-state index in [2.05, 4.69) is 50.9 Å². The van der Waals surface area contributed by atoms with E-state index < -0.39 is 0 Å². The molecule has 0 saturated heterocycles. The predicted molar refractivity (Wildman–Crippen MR) is 103 cm³/mol. The number of hydrogen-bond donors (Lipinski definition) is 2. The minimum absolute atomic E-state index is 0.654. The smallest absolute Gasteiger partial charge is 0.191 e. The normalized spacial score (nSPS) is 11.6. The second-order valence-electron chi connectivity index (χ2n) is 6.27. The Balaban J connectivity index is 1.68. The lowest BCUT2D eigenvalue weighted by atomic mass is 10.1. The molecule has 26 heavy (non-hydrogen) atoms. The van der Waals surface area contributed by atoms with Crippen molar-refractivity contribution >= 4 is 5.96 Å². The summed E-state index contributed by atoms with van der Waals surface area (Å²) in [6, 6.07) is 10.3. The van der Waals surface area contributed by atoms with Gasteiger partial charge in [0.15, 0.2) is 5.96 Å². The first kappa shape index (κ1) is 17.7. The Hall–Kier alpha value is -3.09. The Morgan fingerprint density at radius 3 is 2.58 bits per heavy atom. The average Bonchev–Trinajstić information content (AvgIpc) is 3.20. The van der Waals surface area contributed by atoms with E-state index in [9.17, 15) is 0 Å². The molecule has 7 nitrogen and oxygen atoms in total. The standard InChI is InChI=1S/C19H25N7/c1-14-9-15(2)26(24-14)18-8-6-5-7-17(18)12-22-19(20-3)21-10-16-11-23-25(4)13-16/h5-9,11,13H,10,12H2,1-4H3,(H2,20,21,22). The minimum atomic E-state index is 0.654. The Morgan fingerprint density at radius 2 is 1.92 bits per heavy atom. The van der Waals surface area contributed by atoms with Gasteiger partial charge in [-0.25, -0.2) is 4.68 Å². The highest BCUT2D eigenvalue weighted by Gasteiger charge is 2.09. The largest absolute Gasteiger partial charge is 0.352 e. The van der Waals surface area contributed by atoms with Gasteiger partial charge < -0.3 is 10.6 Å². The molecule has 0 amide bonds. The zero-order chi connectivity index (χ0) is 18.5. The topological polar surface area (TPSA) is 72.1 Å². The maximum atomic E-state index is 4.60. The van der Waals surface area contributed by atoms with Crippen molar-refractivity contribution in [3.63, 3.8) is 0 Å². The average molecular weight is 351 g/mol. The summed E-state index contributed by atoms with van der Waals surface area (Å²) in [6.07, 6.45) is 3.83. The molecule has 3 rings (SSSR count). The van der Waals surface area contributed by atoms with Crippen molar-refractivity contribution in [1.29, 1.82) is 0 Å². The van der Waals surface area contributed by atoms with Crippen LogP contribution in [0.4, 0.5) is 0 Å². The minimum Gasteiger partial charge on any atom is -0.352 e. The van der Waals surface area contributed by atoms with Crippen molar-refractivity contribution in [2.24, 2.45) is 12.0 Å². The monoisotopic (exact) mass is 351 g/mol. The van der Waals surface area contributed by atoms with E-state index in [1.165, 1.54) is 0 Å². The molecule has 0 bridgehead atoms. The van der Waals surface area contributed by atoms with Gasteiger partial charge in [0.1, 0.15) is 0 Å². The second-order valence-corrected chi connectivity index (χ2v) is 6.27. The van der Waals surface area contributed by atoms with Crippen LogP contribution < -0.4 is 10.6 Å². The third-order valence-electron chi connectivity index (χ3n) is 4.12. The molecular formula is C19H25N7. The summed E-state index contributed by atoms with van der Waals surface area (Å²) in [5.41, 5.74) is 5.48. The predicted octanol–water partition coefficient (Wildman–Crippen LogP) is 2.09. The number of guanidine groups is 1. The Kier molecular flexibility index (Phi) is 5.36. The number of para-hydroxylation sites is 1. The van der Waals surface area contributed by atoms with E-state index in [0.29, 0.717) is 13.1 Å². The lowest BCUT2D eigenvalue weighted by Crippen LogP contribution is -2.36. The summed E-state index contributed by atoms with van der Waals surface area (Å²) in [5.74, 6) is 0.747. The summed E-state index contributed by atoms with van der Waals surface area (Å²) < 4.78 is 3.77. The molecule has 0 aliphatic carbocycles. The molecule has 2 heterocycles. The number of aromatic nitrogens is 4. The van der Waals surface area contributed by atoms with Gasteiger partial charge in [-0.05, 0) is 31.5 Å². The molecule has 0 spiro atoms. The Bertz CT molecular complexity index is 904. The summed E-state index contributed by atoms with van der Waals surface area (Å²) >= 11 is 0. The zero-order valence-electron chi connectivity index (χ0n) is 15.7.